The number of phenols is 1. The summed E-state index contributed by atoms with van der Waals surface area (Å²) in [6.45, 7) is 11.2. The molecule has 3 N–H and O–H groups in total. The lowest BCUT2D eigenvalue weighted by Gasteiger charge is -2.23. The zero-order valence-corrected chi connectivity index (χ0v) is 26.8. The molecule has 3 heterocycles. The van der Waals surface area contributed by atoms with E-state index in [2.05, 4.69) is 40.5 Å². The van der Waals surface area contributed by atoms with E-state index in [1.54, 1.807) is 29.4 Å². The molecular weight excluding hydrogens is 566 g/mol. The lowest BCUT2D eigenvalue weighted by Crippen LogP contribution is -2.34. The number of nitrogens with one attached hydrogen (secondary N) is 2. The molecule has 4 aromatic rings. The van der Waals surface area contributed by atoms with Crippen molar-refractivity contribution in [2.75, 3.05) is 11.9 Å². The molecule has 9 heteroatoms. The highest BCUT2D eigenvalue weighted by atomic mass is 16.3. The normalized spacial score (nSPS) is 15.3. The van der Waals surface area contributed by atoms with Crippen LogP contribution in [0.25, 0.3) is 0 Å². The van der Waals surface area contributed by atoms with Crippen molar-refractivity contribution in [3.05, 3.63) is 106 Å². The summed E-state index contributed by atoms with van der Waals surface area (Å²) in [6.07, 6.45) is 8.36. The number of hydrogen-bond acceptors (Lipinski definition) is 7. The number of likely N-dealkylation sites (tertiary alicyclic amines) is 1. The summed E-state index contributed by atoms with van der Waals surface area (Å²) in [5.41, 5.74) is 6.45. The average molecular weight is 610 g/mol. The summed E-state index contributed by atoms with van der Waals surface area (Å²) >= 11 is 0. The van der Waals surface area contributed by atoms with E-state index in [0.717, 1.165) is 35.2 Å². The van der Waals surface area contributed by atoms with Gasteiger partial charge in [0.1, 0.15) is 18.1 Å². The second kappa shape index (κ2) is 14.0. The van der Waals surface area contributed by atoms with Gasteiger partial charge in [-0.05, 0) is 105 Å². The first-order valence-electron chi connectivity index (χ1n) is 15.7. The molecule has 2 aromatic heterocycles. The van der Waals surface area contributed by atoms with Crippen LogP contribution in [0.1, 0.15) is 107 Å². The molecule has 2 amide bonds. The van der Waals surface area contributed by atoms with Crippen molar-refractivity contribution in [3.8, 4) is 5.75 Å². The van der Waals surface area contributed by atoms with Gasteiger partial charge in [0.15, 0.2) is 0 Å². The number of rotatable bonds is 11. The number of hydrogen-bond donors (Lipinski definition) is 3. The monoisotopic (exact) mass is 609 g/mol. The van der Waals surface area contributed by atoms with E-state index in [4.69, 9.17) is 4.42 Å². The highest BCUT2D eigenvalue weighted by molar-refractivity contribution is 6.00. The van der Waals surface area contributed by atoms with Crippen molar-refractivity contribution in [2.45, 2.75) is 84.8 Å². The second-order valence-corrected chi connectivity index (χ2v) is 12.5. The molecule has 2 atom stereocenters. The van der Waals surface area contributed by atoms with Crippen LogP contribution in [0.15, 0.2) is 65.5 Å². The Bertz CT molecular complexity index is 1660. The van der Waals surface area contributed by atoms with E-state index in [1.807, 2.05) is 51.4 Å². The van der Waals surface area contributed by atoms with Gasteiger partial charge in [-0.15, -0.1) is 0 Å². The standard InChI is InChI=1S/C36H43N5O4/c1-22(2)30-15-27(18-37-20-30)19-38-31-11-10-26(16-33(31)42)9-8-24(4)39-34(43)28-13-23(3)14-29(17-28)36(44)41-12-6-7-32(41)35-40-25(5)21-45-35/h10-11,13-18,20-22,24,32,38,42H,6-9,12,19H2,1-5H3,(H,39,43)/t24-,32+/m0/s1. The summed E-state index contributed by atoms with van der Waals surface area (Å²) in [5.74, 6) is 0.797. The Hall–Kier alpha value is -4.66. The maximum Gasteiger partial charge on any atom is 0.254 e. The topological polar surface area (TPSA) is 121 Å². The quantitative estimate of drug-likeness (QED) is 0.159. The third-order valence-corrected chi connectivity index (χ3v) is 8.29. The lowest BCUT2D eigenvalue weighted by atomic mass is 10.0. The average Bonchev–Trinajstić information content (AvgIpc) is 3.68. The molecular formula is C36H43N5O4. The number of amides is 2. The van der Waals surface area contributed by atoms with E-state index >= 15 is 0 Å². The van der Waals surface area contributed by atoms with Crippen LogP contribution in [0, 0.1) is 13.8 Å². The zero-order chi connectivity index (χ0) is 32.1. The van der Waals surface area contributed by atoms with Crippen molar-refractivity contribution < 1.29 is 19.1 Å². The number of phenolic OH excluding ortho intramolecular Hbond substituents is 1. The second-order valence-electron chi connectivity index (χ2n) is 12.5. The molecule has 1 fully saturated rings. The molecule has 0 bridgehead atoms. The number of aryl methyl sites for hydroxylation is 3. The Morgan fingerprint density at radius 1 is 1.04 bits per heavy atom. The molecule has 1 aliphatic rings. The number of anilines is 1. The molecule has 0 aliphatic carbocycles. The number of carbonyl (C=O) groups excluding carboxylic acids is 2. The fourth-order valence-electron chi connectivity index (χ4n) is 5.76. The predicted octanol–water partition coefficient (Wildman–Crippen LogP) is 6.86. The third-order valence-electron chi connectivity index (χ3n) is 8.29. The molecule has 2 aromatic carbocycles. The smallest absolute Gasteiger partial charge is 0.254 e. The fraction of sp³-hybridized carbons (Fsp3) is 0.389. The van der Waals surface area contributed by atoms with E-state index in [-0.39, 0.29) is 29.6 Å². The molecule has 45 heavy (non-hydrogen) atoms. The van der Waals surface area contributed by atoms with Crippen LogP contribution in [-0.4, -0.2) is 44.4 Å². The number of benzene rings is 2. The predicted molar refractivity (Wildman–Crippen MR) is 174 cm³/mol. The number of pyridine rings is 1. The summed E-state index contributed by atoms with van der Waals surface area (Å²) in [5, 5.41) is 17.0. The van der Waals surface area contributed by atoms with Gasteiger partial charge in [-0.25, -0.2) is 4.98 Å². The molecule has 9 nitrogen and oxygen atoms in total. The molecule has 236 valence electrons. The minimum absolute atomic E-state index is 0.117. The Morgan fingerprint density at radius 2 is 1.84 bits per heavy atom. The SMILES string of the molecule is Cc1cc(C(=O)N[C@@H](C)CCc2ccc(NCc3cncc(C(C)C)c3)c(O)c2)cc(C(=O)N2CCC[C@@H]2c2nc(C)co2)c1. The van der Waals surface area contributed by atoms with Gasteiger partial charge in [-0.3, -0.25) is 14.6 Å². The highest BCUT2D eigenvalue weighted by Gasteiger charge is 2.34. The van der Waals surface area contributed by atoms with Crippen molar-refractivity contribution in [3.63, 3.8) is 0 Å². The number of aromatic hydroxyl groups is 1. The number of nitrogens with zero attached hydrogens (tertiary/aromatic N) is 3. The van der Waals surface area contributed by atoms with Gasteiger partial charge in [0.05, 0.1) is 11.4 Å². The summed E-state index contributed by atoms with van der Waals surface area (Å²) in [6, 6.07) is 12.7. The third kappa shape index (κ3) is 7.90. The Labute approximate surface area is 265 Å². The number of aromatic nitrogens is 2. The molecule has 0 spiro atoms. The van der Waals surface area contributed by atoms with Gasteiger partial charge in [0.2, 0.25) is 5.89 Å². The van der Waals surface area contributed by atoms with Crippen LogP contribution in [-0.2, 0) is 13.0 Å². The van der Waals surface area contributed by atoms with Gasteiger partial charge in [-0.1, -0.05) is 26.0 Å². The van der Waals surface area contributed by atoms with Gasteiger partial charge < -0.3 is 25.1 Å². The lowest BCUT2D eigenvalue weighted by molar-refractivity contribution is 0.0715. The molecule has 0 saturated carbocycles. The van der Waals surface area contributed by atoms with E-state index in [9.17, 15) is 14.7 Å². The summed E-state index contributed by atoms with van der Waals surface area (Å²) in [4.78, 5) is 37.3. The minimum Gasteiger partial charge on any atom is -0.506 e. The Kier molecular flexibility index (Phi) is 9.86. The molecule has 1 aliphatic heterocycles. The van der Waals surface area contributed by atoms with Crippen LogP contribution in [0.3, 0.4) is 0 Å². The van der Waals surface area contributed by atoms with Gasteiger partial charge >= 0.3 is 0 Å². The molecule has 0 radical (unpaired) electrons. The van der Waals surface area contributed by atoms with E-state index < -0.39 is 0 Å². The van der Waals surface area contributed by atoms with Gasteiger partial charge in [0, 0.05) is 42.7 Å². The number of oxazole rings is 1. The van der Waals surface area contributed by atoms with Crippen LogP contribution in [0.2, 0.25) is 0 Å². The Balaban J connectivity index is 1.16. The minimum atomic E-state index is -0.222. The Morgan fingerprint density at radius 3 is 2.58 bits per heavy atom. The first-order chi connectivity index (χ1) is 21.6. The molecule has 0 unspecified atom stereocenters. The van der Waals surface area contributed by atoms with Crippen molar-refractivity contribution in [1.29, 1.82) is 0 Å². The largest absolute Gasteiger partial charge is 0.506 e. The van der Waals surface area contributed by atoms with Crippen molar-refractivity contribution >= 4 is 17.5 Å². The van der Waals surface area contributed by atoms with Crippen LogP contribution in [0.5, 0.6) is 5.75 Å². The van der Waals surface area contributed by atoms with Crippen molar-refractivity contribution in [1.82, 2.24) is 20.2 Å². The van der Waals surface area contributed by atoms with Gasteiger partial charge in [-0.2, -0.15) is 0 Å². The highest BCUT2D eigenvalue weighted by Crippen LogP contribution is 2.33. The maximum atomic E-state index is 13.5. The number of carbonyl (C=O) groups is 2. The first-order valence-corrected chi connectivity index (χ1v) is 15.7. The van der Waals surface area contributed by atoms with Gasteiger partial charge in [0.25, 0.3) is 11.8 Å². The first kappa shape index (κ1) is 31.8. The maximum absolute atomic E-state index is 13.5. The van der Waals surface area contributed by atoms with E-state index in [1.165, 1.54) is 5.56 Å². The molecule has 5 rings (SSSR count). The van der Waals surface area contributed by atoms with Crippen LogP contribution >= 0.6 is 0 Å². The van der Waals surface area contributed by atoms with E-state index in [0.29, 0.717) is 54.6 Å². The van der Waals surface area contributed by atoms with Crippen LogP contribution < -0.4 is 10.6 Å². The van der Waals surface area contributed by atoms with Crippen molar-refractivity contribution in [2.24, 2.45) is 0 Å². The zero-order valence-electron chi connectivity index (χ0n) is 26.8. The summed E-state index contributed by atoms with van der Waals surface area (Å²) < 4.78 is 5.61. The van der Waals surface area contributed by atoms with Crippen LogP contribution in [0.4, 0.5) is 5.69 Å². The summed E-state index contributed by atoms with van der Waals surface area (Å²) in [7, 11) is 0. The fourth-order valence-corrected chi connectivity index (χ4v) is 5.76. The molecule has 1 saturated heterocycles.